The van der Waals surface area contributed by atoms with E-state index >= 15 is 0 Å². The van der Waals surface area contributed by atoms with Crippen molar-refractivity contribution in [3.8, 4) is 0 Å². The summed E-state index contributed by atoms with van der Waals surface area (Å²) in [6, 6.07) is 8.50. The molecule has 20 heavy (non-hydrogen) atoms. The van der Waals surface area contributed by atoms with Crippen molar-refractivity contribution in [2.24, 2.45) is 0 Å². The number of fused-ring (bicyclic) bond motifs is 1. The van der Waals surface area contributed by atoms with E-state index in [4.69, 9.17) is 4.98 Å². The number of rotatable bonds is 4. The van der Waals surface area contributed by atoms with Crippen LogP contribution in [0.5, 0.6) is 0 Å². The Balaban J connectivity index is 2.12. The van der Waals surface area contributed by atoms with E-state index in [2.05, 4.69) is 48.1 Å². The maximum atomic E-state index is 9.33. The van der Waals surface area contributed by atoms with Crippen LogP contribution in [0, 0.1) is 13.8 Å². The van der Waals surface area contributed by atoms with Crippen LogP contribution in [0.3, 0.4) is 0 Å². The normalized spacial score (nSPS) is 11.3. The van der Waals surface area contributed by atoms with Gasteiger partial charge in [-0.1, -0.05) is 6.07 Å². The van der Waals surface area contributed by atoms with Gasteiger partial charge < -0.3 is 9.67 Å². The molecular weight excluding hydrogens is 268 g/mol. The number of benzene rings is 1. The smallest absolute Gasteiger partial charge is 0.115 e. The largest absolute Gasteiger partial charge is 0.395 e. The Morgan fingerprint density at radius 3 is 2.75 bits per heavy atom. The molecule has 4 heteroatoms. The second kappa shape index (κ2) is 5.38. The van der Waals surface area contributed by atoms with Crippen molar-refractivity contribution >= 4 is 22.4 Å². The zero-order chi connectivity index (χ0) is 14.1. The lowest BCUT2D eigenvalue weighted by molar-refractivity contribution is 0.276. The van der Waals surface area contributed by atoms with Gasteiger partial charge in [0.15, 0.2) is 0 Å². The van der Waals surface area contributed by atoms with Gasteiger partial charge in [0, 0.05) is 17.8 Å². The van der Waals surface area contributed by atoms with Crippen LogP contribution in [0.2, 0.25) is 0 Å². The van der Waals surface area contributed by atoms with Gasteiger partial charge in [-0.05, 0) is 48.6 Å². The van der Waals surface area contributed by atoms with Crippen LogP contribution in [-0.4, -0.2) is 21.3 Å². The number of hydrogen-bond acceptors (Lipinski definition) is 3. The Labute approximate surface area is 122 Å². The van der Waals surface area contributed by atoms with Gasteiger partial charge in [0.25, 0.3) is 0 Å². The predicted octanol–water partition coefficient (Wildman–Crippen LogP) is 3.30. The monoisotopic (exact) mass is 286 g/mol. The third-order valence-electron chi connectivity index (χ3n) is 3.68. The summed E-state index contributed by atoms with van der Waals surface area (Å²) >= 11 is 1.74. The van der Waals surface area contributed by atoms with E-state index in [1.807, 2.05) is 0 Å². The average Bonchev–Trinajstić information content (AvgIpc) is 3.02. The van der Waals surface area contributed by atoms with Gasteiger partial charge in [0.1, 0.15) is 5.82 Å². The molecule has 0 saturated heterocycles. The van der Waals surface area contributed by atoms with Crippen LogP contribution < -0.4 is 0 Å². The fourth-order valence-corrected chi connectivity index (χ4v) is 3.18. The van der Waals surface area contributed by atoms with Gasteiger partial charge in [-0.3, -0.25) is 0 Å². The Kier molecular flexibility index (Phi) is 3.59. The summed E-state index contributed by atoms with van der Waals surface area (Å²) in [6.07, 6.45) is 0.824. The number of nitrogens with zero attached hydrogens (tertiary/aromatic N) is 2. The molecule has 1 N–H and O–H groups in total. The van der Waals surface area contributed by atoms with E-state index in [0.717, 1.165) is 23.3 Å². The highest BCUT2D eigenvalue weighted by Gasteiger charge is 2.12. The summed E-state index contributed by atoms with van der Waals surface area (Å²) in [5.74, 6) is 1.03. The summed E-state index contributed by atoms with van der Waals surface area (Å²) in [7, 11) is 0. The highest BCUT2D eigenvalue weighted by Crippen LogP contribution is 2.23. The Morgan fingerprint density at radius 2 is 2.05 bits per heavy atom. The fraction of sp³-hybridized carbons (Fsp3) is 0.312. The molecule has 0 amide bonds. The number of thiophene rings is 1. The summed E-state index contributed by atoms with van der Waals surface area (Å²) in [4.78, 5) is 6.07. The first-order valence-electron chi connectivity index (χ1n) is 6.78. The van der Waals surface area contributed by atoms with Crippen molar-refractivity contribution in [1.29, 1.82) is 0 Å². The number of aromatic nitrogens is 2. The molecule has 0 radical (unpaired) electrons. The summed E-state index contributed by atoms with van der Waals surface area (Å²) < 4.78 is 2.14. The highest BCUT2D eigenvalue weighted by atomic mass is 32.1. The van der Waals surface area contributed by atoms with Crippen molar-refractivity contribution in [3.63, 3.8) is 0 Å². The number of aliphatic hydroxyl groups is 1. The molecular formula is C16H18N2OS. The van der Waals surface area contributed by atoms with Crippen LogP contribution in [0.15, 0.2) is 29.6 Å². The minimum absolute atomic E-state index is 0.135. The van der Waals surface area contributed by atoms with Crippen LogP contribution in [0.4, 0.5) is 0 Å². The van der Waals surface area contributed by atoms with E-state index in [0.29, 0.717) is 6.54 Å². The first kappa shape index (κ1) is 13.3. The lowest BCUT2D eigenvalue weighted by Gasteiger charge is -2.07. The quantitative estimate of drug-likeness (QED) is 0.799. The summed E-state index contributed by atoms with van der Waals surface area (Å²) in [5, 5.41) is 11.4. The van der Waals surface area contributed by atoms with Gasteiger partial charge in [0.2, 0.25) is 0 Å². The number of aliphatic hydroxyl groups excluding tert-OH is 1. The van der Waals surface area contributed by atoms with Crippen LogP contribution in [-0.2, 0) is 13.0 Å². The van der Waals surface area contributed by atoms with Crippen molar-refractivity contribution in [3.05, 3.63) is 51.5 Å². The second-order valence-electron chi connectivity index (χ2n) is 5.08. The number of imidazole rings is 1. The Hall–Kier alpha value is -1.65. The van der Waals surface area contributed by atoms with E-state index in [-0.39, 0.29) is 6.61 Å². The first-order valence-corrected chi connectivity index (χ1v) is 7.66. The predicted molar refractivity (Wildman–Crippen MR) is 83.4 cm³/mol. The minimum atomic E-state index is 0.135. The standard InChI is InChI=1S/C16H18N2OS/c1-11-8-14-15(9-12(11)2)18(5-6-19)16(17-14)10-13-4-3-7-20-13/h3-4,7-9,19H,5-6,10H2,1-2H3. The molecule has 1 aromatic carbocycles. The van der Waals surface area contributed by atoms with E-state index < -0.39 is 0 Å². The van der Waals surface area contributed by atoms with Crippen LogP contribution in [0.25, 0.3) is 11.0 Å². The van der Waals surface area contributed by atoms with Gasteiger partial charge in [0.05, 0.1) is 17.6 Å². The van der Waals surface area contributed by atoms with Crippen molar-refractivity contribution in [1.82, 2.24) is 9.55 Å². The molecule has 3 aromatic rings. The summed E-state index contributed by atoms with van der Waals surface area (Å²) in [6.45, 7) is 4.96. The van der Waals surface area contributed by atoms with Crippen LogP contribution in [0.1, 0.15) is 21.8 Å². The van der Waals surface area contributed by atoms with Gasteiger partial charge >= 0.3 is 0 Å². The maximum absolute atomic E-state index is 9.33. The molecule has 2 aromatic heterocycles. The zero-order valence-electron chi connectivity index (χ0n) is 11.8. The molecule has 0 aliphatic carbocycles. The topological polar surface area (TPSA) is 38.0 Å². The number of hydrogen-bond donors (Lipinski definition) is 1. The Morgan fingerprint density at radius 1 is 1.25 bits per heavy atom. The molecule has 3 nitrogen and oxygen atoms in total. The highest BCUT2D eigenvalue weighted by molar-refractivity contribution is 7.09. The molecule has 0 aliphatic rings. The molecule has 0 atom stereocenters. The van der Waals surface area contributed by atoms with E-state index in [1.54, 1.807) is 11.3 Å². The third-order valence-corrected chi connectivity index (χ3v) is 4.56. The van der Waals surface area contributed by atoms with E-state index in [1.165, 1.54) is 16.0 Å². The molecule has 3 rings (SSSR count). The molecule has 0 bridgehead atoms. The van der Waals surface area contributed by atoms with Crippen LogP contribution >= 0.6 is 11.3 Å². The molecule has 0 fully saturated rings. The Bertz CT molecular complexity index is 729. The van der Waals surface area contributed by atoms with Gasteiger partial charge in [-0.15, -0.1) is 11.3 Å². The maximum Gasteiger partial charge on any atom is 0.115 e. The minimum Gasteiger partial charge on any atom is -0.395 e. The van der Waals surface area contributed by atoms with Gasteiger partial charge in [-0.25, -0.2) is 4.98 Å². The zero-order valence-corrected chi connectivity index (χ0v) is 12.6. The number of aryl methyl sites for hydroxylation is 2. The molecule has 0 saturated carbocycles. The molecule has 2 heterocycles. The third kappa shape index (κ3) is 2.37. The molecule has 0 unspecified atom stereocenters. The van der Waals surface area contributed by atoms with E-state index in [9.17, 15) is 5.11 Å². The van der Waals surface area contributed by atoms with Crippen molar-refractivity contribution < 1.29 is 5.11 Å². The van der Waals surface area contributed by atoms with Gasteiger partial charge in [-0.2, -0.15) is 0 Å². The molecule has 0 aliphatic heterocycles. The lowest BCUT2D eigenvalue weighted by atomic mass is 10.1. The summed E-state index contributed by atoms with van der Waals surface area (Å²) in [5.41, 5.74) is 4.66. The average molecular weight is 286 g/mol. The molecule has 104 valence electrons. The van der Waals surface area contributed by atoms with Crippen molar-refractivity contribution in [2.75, 3.05) is 6.61 Å². The molecule has 0 spiro atoms. The fourth-order valence-electron chi connectivity index (χ4n) is 2.48. The van der Waals surface area contributed by atoms with Crippen molar-refractivity contribution in [2.45, 2.75) is 26.8 Å². The first-order chi connectivity index (χ1) is 9.69. The second-order valence-corrected chi connectivity index (χ2v) is 6.12. The lowest BCUT2D eigenvalue weighted by Crippen LogP contribution is -2.07. The SMILES string of the molecule is Cc1cc2nc(Cc3cccs3)n(CCO)c2cc1C.